The summed E-state index contributed by atoms with van der Waals surface area (Å²) in [7, 11) is 0. The van der Waals surface area contributed by atoms with Crippen molar-refractivity contribution in [2.24, 2.45) is 0 Å². The van der Waals surface area contributed by atoms with E-state index in [2.05, 4.69) is 13.8 Å². The van der Waals surface area contributed by atoms with Crippen LogP contribution < -0.4 is 0 Å². The van der Waals surface area contributed by atoms with Crippen LogP contribution in [0.4, 0.5) is 0 Å². The lowest BCUT2D eigenvalue weighted by Crippen LogP contribution is -2.17. The highest BCUT2D eigenvalue weighted by molar-refractivity contribution is 5.93. The number of unbranched alkanes of at least 4 members (excludes halogenated alkanes) is 8. The van der Waals surface area contributed by atoms with Gasteiger partial charge < -0.3 is 9.47 Å². The fraction of sp³-hybridized carbons (Fsp3) is 0.680. The molecule has 1 atom stereocenters. The van der Waals surface area contributed by atoms with Gasteiger partial charge in [-0.25, -0.2) is 9.59 Å². The van der Waals surface area contributed by atoms with Crippen molar-refractivity contribution in [3.63, 3.8) is 0 Å². The van der Waals surface area contributed by atoms with Crippen LogP contribution in [0.2, 0.25) is 0 Å². The van der Waals surface area contributed by atoms with Gasteiger partial charge in [-0.15, -0.1) is 0 Å². The molecule has 164 valence electrons. The highest BCUT2D eigenvalue weighted by atomic mass is 16.5. The predicted molar refractivity (Wildman–Crippen MR) is 118 cm³/mol. The Labute approximate surface area is 177 Å². The van der Waals surface area contributed by atoms with Crippen molar-refractivity contribution in [1.29, 1.82) is 0 Å². The highest BCUT2D eigenvalue weighted by Gasteiger charge is 2.15. The second kappa shape index (κ2) is 16.0. The Morgan fingerprint density at radius 3 is 1.79 bits per heavy atom. The van der Waals surface area contributed by atoms with E-state index in [-0.39, 0.29) is 18.0 Å². The van der Waals surface area contributed by atoms with Crippen LogP contribution in [0.3, 0.4) is 0 Å². The first kappa shape index (κ1) is 25.2. The van der Waals surface area contributed by atoms with Crippen molar-refractivity contribution >= 4 is 11.9 Å². The molecular weight excluding hydrogens is 364 g/mol. The number of ether oxygens (including phenoxy) is 2. The Hall–Kier alpha value is -1.84. The van der Waals surface area contributed by atoms with Gasteiger partial charge in [0, 0.05) is 0 Å². The molecule has 4 nitrogen and oxygen atoms in total. The molecule has 0 radical (unpaired) electrons. The number of hydrogen-bond donors (Lipinski definition) is 0. The first-order valence-corrected chi connectivity index (χ1v) is 11.6. The van der Waals surface area contributed by atoms with E-state index in [9.17, 15) is 9.59 Å². The molecule has 1 unspecified atom stereocenters. The average Bonchev–Trinajstić information content (AvgIpc) is 2.75. The summed E-state index contributed by atoms with van der Waals surface area (Å²) in [6.45, 7) is 6.83. The molecule has 0 aliphatic rings. The second-order valence-electron chi connectivity index (χ2n) is 7.77. The summed E-state index contributed by atoms with van der Waals surface area (Å²) in [5, 5.41) is 0. The molecule has 0 heterocycles. The Kier molecular flexibility index (Phi) is 13.9. The van der Waals surface area contributed by atoms with Crippen molar-refractivity contribution in [3.05, 3.63) is 35.4 Å². The first-order chi connectivity index (χ1) is 14.1. The summed E-state index contributed by atoms with van der Waals surface area (Å²) in [6.07, 6.45) is 13.5. The zero-order chi connectivity index (χ0) is 21.3. The van der Waals surface area contributed by atoms with E-state index < -0.39 is 0 Å². The molecule has 0 aliphatic carbocycles. The van der Waals surface area contributed by atoms with Crippen LogP contribution in [0.1, 0.15) is 119 Å². The van der Waals surface area contributed by atoms with Gasteiger partial charge in [-0.3, -0.25) is 0 Å². The van der Waals surface area contributed by atoms with Gasteiger partial charge >= 0.3 is 11.9 Å². The van der Waals surface area contributed by atoms with Crippen LogP contribution in [-0.2, 0) is 9.47 Å². The Morgan fingerprint density at radius 1 is 0.724 bits per heavy atom. The van der Waals surface area contributed by atoms with Crippen LogP contribution in [0.5, 0.6) is 0 Å². The van der Waals surface area contributed by atoms with Crippen LogP contribution in [0.15, 0.2) is 24.3 Å². The smallest absolute Gasteiger partial charge is 0.338 e. The molecule has 0 spiro atoms. The number of benzene rings is 1. The van der Waals surface area contributed by atoms with Gasteiger partial charge in [0.05, 0.1) is 17.7 Å². The lowest BCUT2D eigenvalue weighted by atomic mass is 10.1. The summed E-state index contributed by atoms with van der Waals surface area (Å²) < 4.78 is 10.9. The van der Waals surface area contributed by atoms with Gasteiger partial charge in [0.1, 0.15) is 6.10 Å². The van der Waals surface area contributed by atoms with Crippen LogP contribution in [-0.4, -0.2) is 24.6 Å². The Balaban J connectivity index is 2.29. The molecule has 0 saturated carbocycles. The summed E-state index contributed by atoms with van der Waals surface area (Å²) in [5.41, 5.74) is 0.943. The molecule has 0 bridgehead atoms. The summed E-state index contributed by atoms with van der Waals surface area (Å²) >= 11 is 0. The molecule has 0 amide bonds. The maximum atomic E-state index is 12.3. The average molecular weight is 405 g/mol. The third-order valence-electron chi connectivity index (χ3n) is 5.20. The van der Waals surface area contributed by atoms with Crippen LogP contribution in [0, 0.1) is 0 Å². The molecule has 1 aromatic rings. The molecular formula is C25H40O4. The quantitative estimate of drug-likeness (QED) is 0.218. The van der Waals surface area contributed by atoms with Crippen molar-refractivity contribution in [1.82, 2.24) is 0 Å². The molecule has 4 heteroatoms. The summed E-state index contributed by atoms with van der Waals surface area (Å²) in [6, 6.07) is 6.56. The van der Waals surface area contributed by atoms with E-state index in [1.54, 1.807) is 24.3 Å². The molecule has 0 aromatic heterocycles. The normalized spacial score (nSPS) is 11.8. The number of carbonyl (C=O) groups excluding carboxylic acids is 2. The molecule has 1 aromatic carbocycles. The standard InChI is InChI=1S/C25H40O4/c1-4-7-9-10-11-12-13-14-20-28-24(26)21-16-18-22(19-17-21)25(27)29-23(6-3)15-8-5-2/h16-19,23H,4-15,20H2,1-3H3. The number of rotatable bonds is 16. The lowest BCUT2D eigenvalue weighted by molar-refractivity contribution is 0.0267. The Morgan fingerprint density at radius 2 is 1.24 bits per heavy atom. The zero-order valence-electron chi connectivity index (χ0n) is 18.7. The lowest BCUT2D eigenvalue weighted by Gasteiger charge is -2.15. The van der Waals surface area contributed by atoms with E-state index >= 15 is 0 Å². The summed E-state index contributed by atoms with van der Waals surface area (Å²) in [5.74, 6) is -0.658. The molecule has 29 heavy (non-hydrogen) atoms. The predicted octanol–water partition coefficient (Wildman–Crippen LogP) is 7.11. The largest absolute Gasteiger partial charge is 0.462 e. The van der Waals surface area contributed by atoms with Gasteiger partial charge in [0.25, 0.3) is 0 Å². The van der Waals surface area contributed by atoms with E-state index in [0.717, 1.165) is 38.5 Å². The minimum atomic E-state index is -0.331. The van der Waals surface area contributed by atoms with Crippen molar-refractivity contribution < 1.29 is 19.1 Å². The Bertz CT molecular complexity index is 565. The maximum Gasteiger partial charge on any atom is 0.338 e. The third-order valence-corrected chi connectivity index (χ3v) is 5.20. The van der Waals surface area contributed by atoms with E-state index in [0.29, 0.717) is 17.7 Å². The van der Waals surface area contributed by atoms with E-state index in [1.807, 2.05) is 6.92 Å². The van der Waals surface area contributed by atoms with Crippen LogP contribution in [0.25, 0.3) is 0 Å². The van der Waals surface area contributed by atoms with E-state index in [1.165, 1.54) is 38.5 Å². The molecule has 1 rings (SSSR count). The van der Waals surface area contributed by atoms with Crippen molar-refractivity contribution in [3.8, 4) is 0 Å². The number of esters is 2. The van der Waals surface area contributed by atoms with Crippen molar-refractivity contribution in [2.75, 3.05) is 6.61 Å². The fourth-order valence-electron chi connectivity index (χ4n) is 3.22. The number of carbonyl (C=O) groups is 2. The second-order valence-corrected chi connectivity index (χ2v) is 7.77. The minimum absolute atomic E-state index is 0.0428. The summed E-state index contributed by atoms with van der Waals surface area (Å²) in [4.78, 5) is 24.4. The first-order valence-electron chi connectivity index (χ1n) is 11.6. The third kappa shape index (κ3) is 11.1. The zero-order valence-corrected chi connectivity index (χ0v) is 18.7. The van der Waals surface area contributed by atoms with Gasteiger partial charge in [-0.2, -0.15) is 0 Å². The monoisotopic (exact) mass is 404 g/mol. The molecule has 0 aliphatic heterocycles. The van der Waals surface area contributed by atoms with Crippen LogP contribution >= 0.6 is 0 Å². The SMILES string of the molecule is CCCCCCCCCCOC(=O)c1ccc(C(=O)OC(CC)CCCC)cc1. The van der Waals surface area contributed by atoms with Crippen molar-refractivity contribution in [2.45, 2.75) is 104 Å². The van der Waals surface area contributed by atoms with Gasteiger partial charge in [0.15, 0.2) is 0 Å². The highest BCUT2D eigenvalue weighted by Crippen LogP contribution is 2.14. The van der Waals surface area contributed by atoms with Gasteiger partial charge in [-0.05, 0) is 43.5 Å². The minimum Gasteiger partial charge on any atom is -0.462 e. The molecule has 0 N–H and O–H groups in total. The van der Waals surface area contributed by atoms with Gasteiger partial charge in [-0.1, -0.05) is 78.6 Å². The number of hydrogen-bond acceptors (Lipinski definition) is 4. The maximum absolute atomic E-state index is 12.3. The topological polar surface area (TPSA) is 52.6 Å². The van der Waals surface area contributed by atoms with Gasteiger partial charge in [0.2, 0.25) is 0 Å². The molecule has 0 fully saturated rings. The van der Waals surface area contributed by atoms with E-state index in [4.69, 9.17) is 9.47 Å². The fourth-order valence-corrected chi connectivity index (χ4v) is 3.22. The molecule has 0 saturated heterocycles.